The Hall–Kier alpha value is -4.03. The summed E-state index contributed by atoms with van der Waals surface area (Å²) in [6.45, 7) is 2.37. The number of nitrogens with zero attached hydrogens (tertiary/aromatic N) is 5. The van der Waals surface area contributed by atoms with Crippen molar-refractivity contribution in [2.45, 2.75) is 69.2 Å². The van der Waals surface area contributed by atoms with Gasteiger partial charge in [0.15, 0.2) is 0 Å². The molecule has 234 valence electrons. The third-order valence-corrected chi connectivity index (χ3v) is 9.45. The highest BCUT2D eigenvalue weighted by Crippen LogP contribution is 2.30. The molecule has 0 aliphatic carbocycles. The minimum Gasteiger partial charge on any atom is -0.497 e. The SMILES string of the molecule is COc1ccc(CC2CC(C(=O)NCc3ccc4c(c3)nnn4C)N(C(=O)C(N)CCC(=O)N3C4CCC3CNC4)C2)cc1. The highest BCUT2D eigenvalue weighted by molar-refractivity contribution is 5.91. The third kappa shape index (κ3) is 6.27. The first-order valence-electron chi connectivity index (χ1n) is 15.6. The van der Waals surface area contributed by atoms with E-state index in [-0.39, 0.29) is 48.6 Å². The molecule has 4 heterocycles. The fourth-order valence-corrected chi connectivity index (χ4v) is 7.09. The first kappa shape index (κ1) is 30.0. The summed E-state index contributed by atoms with van der Waals surface area (Å²) >= 11 is 0. The lowest BCUT2D eigenvalue weighted by atomic mass is 9.96. The zero-order chi connectivity index (χ0) is 30.8. The van der Waals surface area contributed by atoms with E-state index in [1.54, 1.807) is 16.7 Å². The average molecular weight is 603 g/mol. The van der Waals surface area contributed by atoms with E-state index < -0.39 is 12.1 Å². The Kier molecular flexibility index (Phi) is 8.81. The molecule has 5 unspecified atom stereocenters. The van der Waals surface area contributed by atoms with E-state index in [2.05, 4.69) is 20.9 Å². The Morgan fingerprint density at radius 1 is 1.09 bits per heavy atom. The van der Waals surface area contributed by atoms with Crippen molar-refractivity contribution >= 4 is 28.8 Å². The maximum atomic E-state index is 13.7. The predicted molar refractivity (Wildman–Crippen MR) is 164 cm³/mol. The lowest BCUT2D eigenvalue weighted by Crippen LogP contribution is -2.54. The summed E-state index contributed by atoms with van der Waals surface area (Å²) < 4.78 is 6.99. The molecule has 2 aromatic carbocycles. The van der Waals surface area contributed by atoms with Crippen molar-refractivity contribution < 1.29 is 19.1 Å². The second-order valence-corrected chi connectivity index (χ2v) is 12.4. The van der Waals surface area contributed by atoms with Gasteiger partial charge in [0.25, 0.3) is 0 Å². The van der Waals surface area contributed by atoms with Crippen LogP contribution in [0.1, 0.15) is 43.2 Å². The van der Waals surface area contributed by atoms with Crippen molar-refractivity contribution in [3.63, 3.8) is 0 Å². The molecule has 0 spiro atoms. The number of fused-ring (bicyclic) bond motifs is 3. The largest absolute Gasteiger partial charge is 0.497 e. The first-order valence-corrected chi connectivity index (χ1v) is 15.6. The molecule has 3 fully saturated rings. The number of piperazine rings is 1. The molecule has 0 saturated carbocycles. The number of aryl methyl sites for hydroxylation is 1. The van der Waals surface area contributed by atoms with Gasteiger partial charge in [0.1, 0.15) is 17.3 Å². The first-order chi connectivity index (χ1) is 21.3. The number of carbonyl (C=O) groups is 3. The quantitative estimate of drug-likeness (QED) is 0.313. The van der Waals surface area contributed by atoms with E-state index in [0.717, 1.165) is 60.3 Å². The number of nitrogens with two attached hydrogens (primary N) is 1. The van der Waals surface area contributed by atoms with E-state index in [9.17, 15) is 14.4 Å². The molecule has 3 saturated heterocycles. The maximum Gasteiger partial charge on any atom is 0.243 e. The normalized spacial score (nSPS) is 23.6. The zero-order valence-corrected chi connectivity index (χ0v) is 25.4. The van der Waals surface area contributed by atoms with Gasteiger partial charge in [-0.05, 0) is 73.4 Å². The standard InChI is InChI=1S/C32H42N8O4/c1-38-28-11-5-21(14-27(28)36-37-38)16-35-31(42)29-15-22(13-20-3-8-25(44-2)9-4-20)19-39(29)32(43)26(33)10-12-30(41)40-23-6-7-24(40)18-34-17-23/h3-5,8-9,11,14,22-24,26,29,34H,6-7,10,12-13,15-19,33H2,1-2H3,(H,35,42). The molecule has 12 heteroatoms. The number of nitrogens with one attached hydrogen (secondary N) is 2. The van der Waals surface area contributed by atoms with Crippen LogP contribution in [0.3, 0.4) is 0 Å². The molecular formula is C32H42N8O4. The monoisotopic (exact) mass is 602 g/mol. The number of methoxy groups -OCH3 is 1. The minimum atomic E-state index is -0.853. The van der Waals surface area contributed by atoms with Gasteiger partial charge in [0.2, 0.25) is 17.7 Å². The molecular weight excluding hydrogens is 560 g/mol. The van der Waals surface area contributed by atoms with Crippen molar-refractivity contribution in [1.29, 1.82) is 0 Å². The van der Waals surface area contributed by atoms with Gasteiger partial charge in [-0.15, -0.1) is 5.10 Å². The topological polar surface area (TPSA) is 148 Å². The summed E-state index contributed by atoms with van der Waals surface area (Å²) in [7, 11) is 3.47. The number of aromatic nitrogens is 3. The van der Waals surface area contributed by atoms with E-state index in [0.29, 0.717) is 19.5 Å². The fraction of sp³-hybridized carbons (Fsp3) is 0.531. The van der Waals surface area contributed by atoms with Gasteiger partial charge in [0.05, 0.1) is 18.7 Å². The minimum absolute atomic E-state index is 0.0652. The number of hydrogen-bond donors (Lipinski definition) is 3. The van der Waals surface area contributed by atoms with Crippen LogP contribution in [0.4, 0.5) is 0 Å². The van der Waals surface area contributed by atoms with Crippen LogP contribution in [-0.4, -0.2) is 93.4 Å². The fourth-order valence-electron chi connectivity index (χ4n) is 7.09. The summed E-state index contributed by atoms with van der Waals surface area (Å²) in [5.74, 6) is 0.443. The highest BCUT2D eigenvalue weighted by atomic mass is 16.5. The molecule has 4 N–H and O–H groups in total. The van der Waals surface area contributed by atoms with Crippen LogP contribution in [0.25, 0.3) is 11.0 Å². The summed E-state index contributed by atoms with van der Waals surface area (Å²) in [6.07, 6.45) is 3.77. The average Bonchev–Trinajstić information content (AvgIpc) is 3.71. The van der Waals surface area contributed by atoms with Crippen molar-refractivity contribution in [2.75, 3.05) is 26.7 Å². The molecule has 0 radical (unpaired) electrons. The lowest BCUT2D eigenvalue weighted by molar-refractivity contribution is -0.140. The van der Waals surface area contributed by atoms with Crippen LogP contribution in [0, 0.1) is 5.92 Å². The van der Waals surface area contributed by atoms with Crippen molar-refractivity contribution in [3.8, 4) is 5.75 Å². The summed E-state index contributed by atoms with van der Waals surface area (Å²) in [6, 6.07) is 12.6. The summed E-state index contributed by atoms with van der Waals surface area (Å²) in [5.41, 5.74) is 10.1. The number of hydrogen-bond acceptors (Lipinski definition) is 8. The van der Waals surface area contributed by atoms with E-state index in [1.165, 1.54) is 0 Å². The predicted octanol–water partition coefficient (Wildman–Crippen LogP) is 1.12. The van der Waals surface area contributed by atoms with Crippen molar-refractivity contribution in [1.82, 2.24) is 35.4 Å². The third-order valence-electron chi connectivity index (χ3n) is 9.45. The van der Waals surface area contributed by atoms with Gasteiger partial charge >= 0.3 is 0 Å². The number of benzene rings is 2. The smallest absolute Gasteiger partial charge is 0.243 e. The molecule has 44 heavy (non-hydrogen) atoms. The Balaban J connectivity index is 1.11. The Morgan fingerprint density at radius 2 is 1.82 bits per heavy atom. The molecule has 1 aromatic heterocycles. The van der Waals surface area contributed by atoms with Crippen molar-refractivity contribution in [3.05, 3.63) is 53.6 Å². The van der Waals surface area contributed by atoms with Crippen LogP contribution in [0.5, 0.6) is 5.75 Å². The molecule has 2 bridgehead atoms. The molecule has 6 rings (SSSR count). The van der Waals surface area contributed by atoms with E-state index in [1.807, 2.05) is 54.4 Å². The summed E-state index contributed by atoms with van der Waals surface area (Å²) in [4.78, 5) is 44.1. The maximum absolute atomic E-state index is 13.7. The molecule has 3 amide bonds. The van der Waals surface area contributed by atoms with Crippen LogP contribution in [-0.2, 0) is 34.4 Å². The van der Waals surface area contributed by atoms with Crippen LogP contribution >= 0.6 is 0 Å². The van der Waals surface area contributed by atoms with Gasteiger partial charge in [-0.1, -0.05) is 23.4 Å². The number of ether oxygens (including phenoxy) is 1. The molecule has 3 aromatic rings. The van der Waals surface area contributed by atoms with E-state index in [4.69, 9.17) is 10.5 Å². The second-order valence-electron chi connectivity index (χ2n) is 12.4. The van der Waals surface area contributed by atoms with Crippen LogP contribution in [0.15, 0.2) is 42.5 Å². The molecule has 3 aliphatic rings. The number of amides is 3. The Labute approximate surface area is 257 Å². The van der Waals surface area contributed by atoms with Gasteiger partial charge in [-0.25, -0.2) is 4.68 Å². The summed E-state index contributed by atoms with van der Waals surface area (Å²) in [5, 5.41) is 14.6. The second kappa shape index (κ2) is 12.9. The van der Waals surface area contributed by atoms with Gasteiger partial charge in [-0.2, -0.15) is 0 Å². The van der Waals surface area contributed by atoms with Gasteiger partial charge in [-0.3, -0.25) is 14.4 Å². The van der Waals surface area contributed by atoms with Crippen LogP contribution < -0.4 is 21.1 Å². The molecule has 3 aliphatic heterocycles. The molecule has 12 nitrogen and oxygen atoms in total. The van der Waals surface area contributed by atoms with Crippen molar-refractivity contribution in [2.24, 2.45) is 18.7 Å². The number of rotatable bonds is 10. The van der Waals surface area contributed by atoms with Gasteiger partial charge in [0, 0.05) is 51.7 Å². The van der Waals surface area contributed by atoms with Crippen LogP contribution in [0.2, 0.25) is 0 Å². The Bertz CT molecular complexity index is 1490. The number of likely N-dealkylation sites (tertiary alicyclic amines) is 1. The van der Waals surface area contributed by atoms with E-state index >= 15 is 0 Å². The highest BCUT2D eigenvalue weighted by Gasteiger charge is 2.42. The number of carbonyl (C=O) groups excluding carboxylic acids is 3. The lowest BCUT2D eigenvalue weighted by Gasteiger charge is -2.35. The Morgan fingerprint density at radius 3 is 2.55 bits per heavy atom. The molecule has 5 atom stereocenters. The zero-order valence-electron chi connectivity index (χ0n) is 25.4. The van der Waals surface area contributed by atoms with Gasteiger partial charge < -0.3 is 30.9 Å².